The van der Waals surface area contributed by atoms with Crippen LogP contribution in [-0.4, -0.2) is 29.9 Å². The summed E-state index contributed by atoms with van der Waals surface area (Å²) < 4.78 is 5.82. The van der Waals surface area contributed by atoms with Crippen molar-refractivity contribution in [2.75, 3.05) is 13.1 Å². The van der Waals surface area contributed by atoms with E-state index in [-0.39, 0.29) is 11.9 Å². The van der Waals surface area contributed by atoms with Crippen LogP contribution < -0.4 is 10.5 Å². The summed E-state index contributed by atoms with van der Waals surface area (Å²) in [4.78, 5) is 14.6. The van der Waals surface area contributed by atoms with Gasteiger partial charge in [-0.15, -0.1) is 0 Å². The molecular weight excluding hydrogens is 300 g/mol. The molecule has 0 saturated carbocycles. The van der Waals surface area contributed by atoms with Gasteiger partial charge in [0.1, 0.15) is 12.4 Å². The summed E-state index contributed by atoms with van der Waals surface area (Å²) in [5.74, 6) is 1.10. The lowest BCUT2D eigenvalue weighted by Gasteiger charge is -2.35. The Hall–Kier alpha value is -2.33. The third-order valence-corrected chi connectivity index (χ3v) is 4.59. The molecule has 2 N–H and O–H groups in total. The molecule has 1 saturated heterocycles. The van der Waals surface area contributed by atoms with E-state index in [2.05, 4.69) is 6.92 Å². The number of piperidine rings is 1. The number of rotatable bonds is 4. The van der Waals surface area contributed by atoms with Gasteiger partial charge in [-0.05, 0) is 36.1 Å². The van der Waals surface area contributed by atoms with E-state index in [4.69, 9.17) is 10.5 Å². The monoisotopic (exact) mass is 324 g/mol. The van der Waals surface area contributed by atoms with Crippen LogP contribution in [0.15, 0.2) is 54.6 Å². The standard InChI is InChI=1S/C20H24N2O2/c1-15-13-22(11-10-19(15)21)20(23)17-8-5-9-18(12-17)24-14-16-6-3-2-4-7-16/h2-9,12,15,19H,10-11,13-14,21H2,1H3. The SMILES string of the molecule is CC1CN(C(=O)c2cccc(OCc3ccccc3)c2)CCC1N. The second-order valence-corrected chi connectivity index (χ2v) is 6.48. The van der Waals surface area contributed by atoms with Crippen molar-refractivity contribution in [1.82, 2.24) is 4.90 Å². The second kappa shape index (κ2) is 7.49. The smallest absolute Gasteiger partial charge is 0.253 e. The molecule has 4 heteroatoms. The Morgan fingerprint density at radius 1 is 1.21 bits per heavy atom. The number of likely N-dealkylation sites (tertiary alicyclic amines) is 1. The molecule has 1 amide bonds. The van der Waals surface area contributed by atoms with Gasteiger partial charge in [-0.1, -0.05) is 43.3 Å². The highest BCUT2D eigenvalue weighted by Crippen LogP contribution is 2.20. The van der Waals surface area contributed by atoms with Crippen LogP contribution >= 0.6 is 0 Å². The molecule has 2 aromatic carbocycles. The zero-order valence-electron chi connectivity index (χ0n) is 14.0. The largest absolute Gasteiger partial charge is 0.489 e. The Morgan fingerprint density at radius 3 is 2.75 bits per heavy atom. The average Bonchev–Trinajstić information content (AvgIpc) is 2.63. The van der Waals surface area contributed by atoms with Crippen molar-refractivity contribution >= 4 is 5.91 Å². The number of hydrogen-bond donors (Lipinski definition) is 1. The van der Waals surface area contributed by atoms with E-state index in [1.807, 2.05) is 59.5 Å². The maximum atomic E-state index is 12.7. The predicted octanol–water partition coefficient (Wildman–Crippen LogP) is 3.07. The van der Waals surface area contributed by atoms with Crippen molar-refractivity contribution < 1.29 is 9.53 Å². The normalized spacial score (nSPS) is 20.7. The van der Waals surface area contributed by atoms with E-state index in [9.17, 15) is 4.79 Å². The summed E-state index contributed by atoms with van der Waals surface area (Å²) in [7, 11) is 0. The van der Waals surface area contributed by atoms with Gasteiger partial charge in [0.2, 0.25) is 0 Å². The van der Waals surface area contributed by atoms with Gasteiger partial charge >= 0.3 is 0 Å². The van der Waals surface area contributed by atoms with E-state index in [0.29, 0.717) is 23.8 Å². The summed E-state index contributed by atoms with van der Waals surface area (Å²) in [6, 6.07) is 17.6. The lowest BCUT2D eigenvalue weighted by Crippen LogP contribution is -2.48. The fourth-order valence-electron chi connectivity index (χ4n) is 2.99. The Kier molecular flexibility index (Phi) is 5.16. The van der Waals surface area contributed by atoms with Crippen LogP contribution in [0.4, 0.5) is 0 Å². The predicted molar refractivity (Wildman–Crippen MR) is 94.9 cm³/mol. The van der Waals surface area contributed by atoms with Gasteiger partial charge in [-0.25, -0.2) is 0 Å². The van der Waals surface area contributed by atoms with E-state index in [0.717, 1.165) is 25.1 Å². The minimum atomic E-state index is 0.0545. The highest BCUT2D eigenvalue weighted by Gasteiger charge is 2.26. The molecule has 1 aliphatic heterocycles. The molecule has 0 aromatic heterocycles. The minimum Gasteiger partial charge on any atom is -0.489 e. The van der Waals surface area contributed by atoms with Gasteiger partial charge in [0.15, 0.2) is 0 Å². The number of nitrogens with two attached hydrogens (primary N) is 1. The van der Waals surface area contributed by atoms with Crippen molar-refractivity contribution in [3.8, 4) is 5.75 Å². The lowest BCUT2D eigenvalue weighted by atomic mass is 9.94. The highest BCUT2D eigenvalue weighted by molar-refractivity contribution is 5.94. The third kappa shape index (κ3) is 3.95. The van der Waals surface area contributed by atoms with Crippen molar-refractivity contribution in [3.05, 3.63) is 65.7 Å². The maximum Gasteiger partial charge on any atom is 0.253 e. The fourth-order valence-corrected chi connectivity index (χ4v) is 2.99. The number of carbonyl (C=O) groups is 1. The molecule has 0 spiro atoms. The number of amides is 1. The molecule has 1 aliphatic rings. The van der Waals surface area contributed by atoms with Gasteiger partial charge < -0.3 is 15.4 Å². The first-order valence-electron chi connectivity index (χ1n) is 8.45. The molecule has 4 nitrogen and oxygen atoms in total. The molecule has 3 rings (SSSR count). The fraction of sp³-hybridized carbons (Fsp3) is 0.350. The van der Waals surface area contributed by atoms with Crippen molar-refractivity contribution in [2.24, 2.45) is 11.7 Å². The summed E-state index contributed by atoms with van der Waals surface area (Å²) >= 11 is 0. The van der Waals surface area contributed by atoms with E-state index in [1.54, 1.807) is 0 Å². The van der Waals surface area contributed by atoms with Crippen LogP contribution in [0.25, 0.3) is 0 Å². The molecule has 2 aromatic rings. The van der Waals surface area contributed by atoms with E-state index >= 15 is 0 Å². The average molecular weight is 324 g/mol. The number of benzene rings is 2. The Bertz CT molecular complexity index is 687. The maximum absolute atomic E-state index is 12.7. The molecule has 126 valence electrons. The van der Waals surface area contributed by atoms with Crippen molar-refractivity contribution in [1.29, 1.82) is 0 Å². The van der Waals surface area contributed by atoms with Crippen LogP contribution in [0.3, 0.4) is 0 Å². The lowest BCUT2D eigenvalue weighted by molar-refractivity contribution is 0.0663. The number of ether oxygens (including phenoxy) is 1. The second-order valence-electron chi connectivity index (χ2n) is 6.48. The van der Waals surface area contributed by atoms with Crippen LogP contribution in [-0.2, 0) is 6.61 Å². The van der Waals surface area contributed by atoms with Crippen LogP contribution in [0, 0.1) is 5.92 Å². The quantitative estimate of drug-likeness (QED) is 0.940. The molecule has 0 bridgehead atoms. The Labute approximate surface area is 143 Å². The minimum absolute atomic E-state index is 0.0545. The molecule has 2 atom stereocenters. The van der Waals surface area contributed by atoms with Gasteiger partial charge in [0.05, 0.1) is 0 Å². The summed E-state index contributed by atoms with van der Waals surface area (Å²) in [5, 5.41) is 0. The number of hydrogen-bond acceptors (Lipinski definition) is 3. The first-order valence-corrected chi connectivity index (χ1v) is 8.45. The van der Waals surface area contributed by atoms with Gasteiger partial charge in [-0.3, -0.25) is 4.79 Å². The topological polar surface area (TPSA) is 55.6 Å². The van der Waals surface area contributed by atoms with E-state index in [1.165, 1.54) is 0 Å². The highest BCUT2D eigenvalue weighted by atomic mass is 16.5. The molecule has 1 fully saturated rings. The van der Waals surface area contributed by atoms with Crippen LogP contribution in [0.5, 0.6) is 5.75 Å². The Morgan fingerprint density at radius 2 is 2.00 bits per heavy atom. The molecule has 0 aliphatic carbocycles. The zero-order valence-corrected chi connectivity index (χ0v) is 14.0. The molecular formula is C20H24N2O2. The zero-order chi connectivity index (χ0) is 16.9. The molecule has 24 heavy (non-hydrogen) atoms. The van der Waals surface area contributed by atoms with Gasteiger partial charge in [0, 0.05) is 24.7 Å². The van der Waals surface area contributed by atoms with Crippen LogP contribution in [0.2, 0.25) is 0 Å². The van der Waals surface area contributed by atoms with E-state index < -0.39 is 0 Å². The first-order chi connectivity index (χ1) is 11.6. The van der Waals surface area contributed by atoms with Gasteiger partial charge in [0.25, 0.3) is 5.91 Å². The summed E-state index contributed by atoms with van der Waals surface area (Å²) in [6.45, 7) is 4.03. The molecule has 1 heterocycles. The summed E-state index contributed by atoms with van der Waals surface area (Å²) in [5.41, 5.74) is 7.81. The number of carbonyl (C=O) groups excluding carboxylic acids is 1. The first kappa shape index (κ1) is 16.5. The molecule has 0 radical (unpaired) electrons. The third-order valence-electron chi connectivity index (χ3n) is 4.59. The summed E-state index contributed by atoms with van der Waals surface area (Å²) in [6.07, 6.45) is 0.858. The Balaban J connectivity index is 1.65. The number of nitrogens with zero attached hydrogens (tertiary/aromatic N) is 1. The van der Waals surface area contributed by atoms with Crippen molar-refractivity contribution in [3.63, 3.8) is 0 Å². The van der Waals surface area contributed by atoms with Gasteiger partial charge in [-0.2, -0.15) is 0 Å². The van der Waals surface area contributed by atoms with Crippen molar-refractivity contribution in [2.45, 2.75) is 26.0 Å². The van der Waals surface area contributed by atoms with Crippen LogP contribution in [0.1, 0.15) is 29.3 Å². The molecule has 2 unspecified atom stereocenters.